The topological polar surface area (TPSA) is 75.6 Å². The Labute approximate surface area is 219 Å². The highest BCUT2D eigenvalue weighted by molar-refractivity contribution is 9.10. The number of carboxylic acid groups (broad SMARTS) is 1. The van der Waals surface area contributed by atoms with E-state index in [1.807, 2.05) is 30.3 Å². The zero-order valence-electron chi connectivity index (χ0n) is 19.9. The molecular weight excluding hydrogens is 518 g/mol. The van der Waals surface area contributed by atoms with Crippen LogP contribution >= 0.6 is 15.9 Å². The Morgan fingerprint density at radius 1 is 1.00 bits per heavy atom. The molecule has 6 heteroatoms. The van der Waals surface area contributed by atoms with Crippen LogP contribution in [-0.2, 0) is 15.0 Å². The Hall–Kier alpha value is -3.38. The van der Waals surface area contributed by atoms with Crippen molar-refractivity contribution in [1.29, 1.82) is 0 Å². The maximum atomic E-state index is 13.0. The minimum atomic E-state index is -1.17. The molecule has 184 valence electrons. The number of carboxylic acids is 1. The second-order valence-electron chi connectivity index (χ2n) is 9.69. The van der Waals surface area contributed by atoms with Crippen molar-refractivity contribution in [2.75, 3.05) is 0 Å². The second-order valence-corrected chi connectivity index (χ2v) is 10.5. The number of benzene rings is 3. The molecule has 0 saturated heterocycles. The summed E-state index contributed by atoms with van der Waals surface area (Å²) >= 11 is 3.46. The first-order chi connectivity index (χ1) is 17.4. The molecule has 0 aliphatic heterocycles. The predicted molar refractivity (Wildman–Crippen MR) is 143 cm³/mol. The van der Waals surface area contributed by atoms with Crippen molar-refractivity contribution in [3.05, 3.63) is 99.7 Å². The van der Waals surface area contributed by atoms with Crippen molar-refractivity contribution >= 4 is 33.9 Å². The predicted octanol–water partition coefficient (Wildman–Crippen LogP) is 7.17. The van der Waals surface area contributed by atoms with Crippen LogP contribution in [0.3, 0.4) is 0 Å². The number of fused-ring (bicyclic) bond motifs is 2. The van der Waals surface area contributed by atoms with Gasteiger partial charge in [-0.3, -0.25) is 4.79 Å². The number of aliphatic carboxylic acids is 1. The molecule has 2 aliphatic carbocycles. The van der Waals surface area contributed by atoms with Gasteiger partial charge in [-0.25, -0.2) is 4.79 Å². The minimum Gasteiger partial charge on any atom is -0.477 e. The van der Waals surface area contributed by atoms with E-state index in [1.165, 1.54) is 42.9 Å². The smallest absolute Gasteiger partial charge is 0.352 e. The summed E-state index contributed by atoms with van der Waals surface area (Å²) in [5.74, 6) is -0.0145. The standard InChI is InChI=1S/C30H28BrNO4/c31-25-9-3-4-10-27(25)36-22-13-11-20(12-14-22)17-26(29(34)35)32-28(33)18-21-19-30(15-5-6-16-30)24-8-2-1-7-23(21)24/h1-4,7-14,17,21H,5-6,15-16,18-19H2,(H,32,33)(H,34,35)/b26-17-. The van der Waals surface area contributed by atoms with E-state index < -0.39 is 5.97 Å². The van der Waals surface area contributed by atoms with Gasteiger partial charge in [-0.15, -0.1) is 0 Å². The van der Waals surface area contributed by atoms with Gasteiger partial charge in [0, 0.05) is 6.42 Å². The van der Waals surface area contributed by atoms with Gasteiger partial charge in [0.05, 0.1) is 4.47 Å². The van der Waals surface area contributed by atoms with Crippen LogP contribution in [0.15, 0.2) is 83.0 Å². The molecule has 1 atom stereocenters. The summed E-state index contributed by atoms with van der Waals surface area (Å²) in [6.45, 7) is 0. The molecule has 0 radical (unpaired) electrons. The molecule has 0 bridgehead atoms. The van der Waals surface area contributed by atoms with Gasteiger partial charge >= 0.3 is 5.97 Å². The maximum Gasteiger partial charge on any atom is 0.352 e. The number of carbonyl (C=O) groups excluding carboxylic acids is 1. The SMILES string of the molecule is O=C(CC1CC2(CCCC2)c2ccccc21)N/C(=C\c1ccc(Oc2ccccc2Br)cc1)C(=O)O. The lowest BCUT2D eigenvalue weighted by Crippen LogP contribution is -2.28. The molecule has 5 nitrogen and oxygen atoms in total. The average Bonchev–Trinajstić information content (AvgIpc) is 3.46. The van der Waals surface area contributed by atoms with E-state index in [-0.39, 0.29) is 29.4 Å². The van der Waals surface area contributed by atoms with Crippen LogP contribution in [-0.4, -0.2) is 17.0 Å². The molecule has 3 aromatic rings. The number of hydrogen-bond donors (Lipinski definition) is 2. The maximum absolute atomic E-state index is 13.0. The number of carbonyl (C=O) groups is 2. The first-order valence-corrected chi connectivity index (χ1v) is 13.1. The van der Waals surface area contributed by atoms with Crippen molar-refractivity contribution in [2.24, 2.45) is 0 Å². The minimum absolute atomic E-state index is 0.114. The van der Waals surface area contributed by atoms with Crippen molar-refractivity contribution < 1.29 is 19.4 Å². The summed E-state index contributed by atoms with van der Waals surface area (Å²) in [6, 6.07) is 23.1. The van der Waals surface area contributed by atoms with E-state index in [0.717, 1.165) is 10.9 Å². The van der Waals surface area contributed by atoms with Gasteiger partial charge in [0.1, 0.15) is 17.2 Å². The molecule has 1 amide bonds. The van der Waals surface area contributed by atoms with Crippen molar-refractivity contribution in [3.63, 3.8) is 0 Å². The molecule has 1 saturated carbocycles. The third kappa shape index (κ3) is 5.09. The fourth-order valence-corrected chi connectivity index (χ4v) is 6.13. The Balaban J connectivity index is 1.27. The van der Waals surface area contributed by atoms with Crippen molar-refractivity contribution in [1.82, 2.24) is 5.32 Å². The van der Waals surface area contributed by atoms with Crippen LogP contribution < -0.4 is 10.1 Å². The normalized spacial score (nSPS) is 18.1. The van der Waals surface area contributed by atoms with Gasteiger partial charge in [-0.05, 0) is 93.6 Å². The van der Waals surface area contributed by atoms with E-state index in [4.69, 9.17) is 4.74 Å². The van der Waals surface area contributed by atoms with E-state index >= 15 is 0 Å². The lowest BCUT2D eigenvalue weighted by molar-refractivity contribution is -0.134. The molecule has 0 aromatic heterocycles. The lowest BCUT2D eigenvalue weighted by atomic mass is 9.79. The highest BCUT2D eigenvalue weighted by Gasteiger charge is 2.45. The van der Waals surface area contributed by atoms with E-state index in [0.29, 0.717) is 17.1 Å². The summed E-state index contributed by atoms with van der Waals surface area (Å²) in [4.78, 5) is 24.9. The third-order valence-electron chi connectivity index (χ3n) is 7.36. The molecule has 1 unspecified atom stereocenters. The quantitative estimate of drug-likeness (QED) is 0.308. The molecular formula is C30H28BrNO4. The highest BCUT2D eigenvalue weighted by Crippen LogP contribution is 2.55. The van der Waals surface area contributed by atoms with Crippen LogP contribution in [0.4, 0.5) is 0 Å². The highest BCUT2D eigenvalue weighted by atomic mass is 79.9. The summed E-state index contributed by atoms with van der Waals surface area (Å²) in [6.07, 6.45) is 7.51. The second kappa shape index (κ2) is 10.3. The first-order valence-electron chi connectivity index (χ1n) is 12.3. The van der Waals surface area contributed by atoms with Crippen LogP contribution in [0, 0.1) is 0 Å². The Morgan fingerprint density at radius 2 is 1.69 bits per heavy atom. The monoisotopic (exact) mass is 545 g/mol. The number of hydrogen-bond acceptors (Lipinski definition) is 3. The van der Waals surface area contributed by atoms with Crippen LogP contribution in [0.2, 0.25) is 0 Å². The molecule has 36 heavy (non-hydrogen) atoms. The van der Waals surface area contributed by atoms with E-state index in [9.17, 15) is 14.7 Å². The number of para-hydroxylation sites is 1. The zero-order chi connectivity index (χ0) is 25.1. The van der Waals surface area contributed by atoms with Gasteiger partial charge < -0.3 is 15.2 Å². The first kappa shape index (κ1) is 24.3. The van der Waals surface area contributed by atoms with Crippen LogP contribution in [0.5, 0.6) is 11.5 Å². The Morgan fingerprint density at radius 3 is 2.42 bits per heavy atom. The number of rotatable bonds is 7. The lowest BCUT2D eigenvalue weighted by Gasteiger charge is -2.24. The average molecular weight is 546 g/mol. The van der Waals surface area contributed by atoms with E-state index in [2.05, 4.69) is 39.4 Å². The third-order valence-corrected chi connectivity index (χ3v) is 8.02. The Bertz CT molecular complexity index is 1310. The molecule has 1 spiro atoms. The number of amides is 1. The fourth-order valence-electron chi connectivity index (χ4n) is 5.76. The Kier molecular flexibility index (Phi) is 6.97. The molecule has 0 heterocycles. The van der Waals surface area contributed by atoms with Crippen LogP contribution in [0.25, 0.3) is 6.08 Å². The zero-order valence-corrected chi connectivity index (χ0v) is 21.5. The molecule has 2 N–H and O–H groups in total. The molecule has 3 aromatic carbocycles. The summed E-state index contributed by atoms with van der Waals surface area (Å²) in [5, 5.41) is 12.4. The van der Waals surface area contributed by atoms with Crippen molar-refractivity contribution in [3.8, 4) is 11.5 Å². The summed E-state index contributed by atoms with van der Waals surface area (Å²) < 4.78 is 6.71. The number of ether oxygens (including phenoxy) is 1. The summed E-state index contributed by atoms with van der Waals surface area (Å²) in [5.41, 5.74) is 3.34. The van der Waals surface area contributed by atoms with E-state index in [1.54, 1.807) is 24.3 Å². The number of nitrogens with one attached hydrogen (secondary N) is 1. The van der Waals surface area contributed by atoms with Gasteiger partial charge in [0.2, 0.25) is 5.91 Å². The summed E-state index contributed by atoms with van der Waals surface area (Å²) in [7, 11) is 0. The van der Waals surface area contributed by atoms with Crippen LogP contribution in [0.1, 0.15) is 61.1 Å². The van der Waals surface area contributed by atoms with Crippen molar-refractivity contribution in [2.45, 2.75) is 49.9 Å². The van der Waals surface area contributed by atoms with Gasteiger partial charge in [-0.1, -0.05) is 61.4 Å². The fraction of sp³-hybridized carbons (Fsp3) is 0.267. The van der Waals surface area contributed by atoms with Gasteiger partial charge in [0.25, 0.3) is 0 Å². The molecule has 5 rings (SSSR count). The number of halogens is 1. The molecule has 2 aliphatic rings. The van der Waals surface area contributed by atoms with Gasteiger partial charge in [0.15, 0.2) is 0 Å². The largest absolute Gasteiger partial charge is 0.477 e. The van der Waals surface area contributed by atoms with Gasteiger partial charge in [-0.2, -0.15) is 0 Å². The molecule has 1 fully saturated rings.